The summed E-state index contributed by atoms with van der Waals surface area (Å²) in [5.41, 5.74) is 2.13. The van der Waals surface area contributed by atoms with Gasteiger partial charge in [0.25, 0.3) is 5.69 Å². The van der Waals surface area contributed by atoms with Crippen LogP contribution in [0.2, 0.25) is 0 Å². The van der Waals surface area contributed by atoms with E-state index in [4.69, 9.17) is 12.2 Å². The Kier molecular flexibility index (Phi) is 4.23. The number of rotatable bonds is 5. The highest BCUT2D eigenvalue weighted by Crippen LogP contribution is 2.34. The van der Waals surface area contributed by atoms with Crippen LogP contribution in [-0.4, -0.2) is 25.3 Å². The molecule has 0 unspecified atom stereocenters. The first-order valence-electron chi connectivity index (χ1n) is 7.71. The zero-order valence-electron chi connectivity index (χ0n) is 13.7. The molecule has 1 aromatic carbocycles. The van der Waals surface area contributed by atoms with Gasteiger partial charge in [0.1, 0.15) is 12.5 Å². The molecule has 3 rings (SSSR count). The number of fused-ring (bicyclic) bond motifs is 1. The molecule has 2 heterocycles. The molecule has 0 spiro atoms. The molecule has 8 heteroatoms. The maximum Gasteiger partial charge on any atom is 0.269 e. The lowest BCUT2D eigenvalue weighted by molar-refractivity contribution is -0.384. The van der Waals surface area contributed by atoms with Crippen molar-refractivity contribution in [3.63, 3.8) is 0 Å². The minimum Gasteiger partial charge on any atom is -0.349 e. The van der Waals surface area contributed by atoms with E-state index in [0.717, 1.165) is 23.5 Å². The first-order chi connectivity index (χ1) is 11.4. The van der Waals surface area contributed by atoms with Gasteiger partial charge in [-0.15, -0.1) is 6.58 Å². The number of nitro benzene ring substituents is 1. The van der Waals surface area contributed by atoms with Crippen molar-refractivity contribution in [1.29, 1.82) is 0 Å². The Labute approximate surface area is 145 Å². The topological polar surface area (TPSA) is 69.1 Å². The highest BCUT2D eigenvalue weighted by Gasteiger charge is 2.28. The van der Waals surface area contributed by atoms with Crippen LogP contribution in [0.15, 0.2) is 30.9 Å². The summed E-state index contributed by atoms with van der Waals surface area (Å²) < 4.78 is 4.37. The van der Waals surface area contributed by atoms with Gasteiger partial charge in [0.15, 0.2) is 4.77 Å². The number of aryl methyl sites for hydroxylation is 1. The fourth-order valence-electron chi connectivity index (χ4n) is 3.14. The summed E-state index contributed by atoms with van der Waals surface area (Å²) in [5, 5.41) is 15.5. The van der Waals surface area contributed by atoms with Crippen molar-refractivity contribution >= 4 is 23.6 Å². The second-order valence-corrected chi connectivity index (χ2v) is 6.33. The average molecular weight is 345 g/mol. The molecule has 0 saturated heterocycles. The summed E-state index contributed by atoms with van der Waals surface area (Å²) >= 11 is 5.50. The summed E-state index contributed by atoms with van der Waals surface area (Å²) in [6.45, 7) is 8.91. The lowest BCUT2D eigenvalue weighted by Gasteiger charge is -2.24. The number of nitro groups is 1. The van der Waals surface area contributed by atoms with E-state index < -0.39 is 0 Å². The third kappa shape index (κ3) is 2.73. The van der Waals surface area contributed by atoms with Gasteiger partial charge >= 0.3 is 0 Å². The van der Waals surface area contributed by atoms with Crippen molar-refractivity contribution in [2.75, 3.05) is 4.90 Å². The smallest absolute Gasteiger partial charge is 0.269 e. The van der Waals surface area contributed by atoms with Gasteiger partial charge in [-0.25, -0.2) is 4.68 Å². The van der Waals surface area contributed by atoms with Crippen LogP contribution in [-0.2, 0) is 19.6 Å². The third-order valence-electron chi connectivity index (χ3n) is 4.34. The molecular formula is C16H19N5O2S. The molecule has 7 nitrogen and oxygen atoms in total. The van der Waals surface area contributed by atoms with Crippen LogP contribution in [0.4, 0.5) is 11.4 Å². The Morgan fingerprint density at radius 3 is 2.96 bits per heavy atom. The standard InChI is InChI=1S/C16H19N5O2S/c1-4-7-18-12(3)17-20(16(18)24)10-19-11(2)8-13-9-14(21(22)23)5-6-15(13)19/h4-6,9,11H,1,7-8,10H2,2-3H3/t11-/m1/s1. The average Bonchev–Trinajstić information content (AvgIpc) is 2.98. The van der Waals surface area contributed by atoms with Crippen molar-refractivity contribution in [1.82, 2.24) is 14.3 Å². The Morgan fingerprint density at radius 1 is 1.54 bits per heavy atom. The number of non-ortho nitro benzene ring substituents is 1. The summed E-state index contributed by atoms with van der Waals surface area (Å²) in [4.78, 5) is 12.8. The van der Waals surface area contributed by atoms with Crippen molar-refractivity contribution in [2.45, 2.75) is 39.5 Å². The quantitative estimate of drug-likeness (QED) is 0.360. The Morgan fingerprint density at radius 2 is 2.29 bits per heavy atom. The van der Waals surface area contributed by atoms with E-state index in [2.05, 4.69) is 23.5 Å². The van der Waals surface area contributed by atoms with E-state index in [1.165, 1.54) is 0 Å². The molecule has 0 N–H and O–H groups in total. The normalized spacial score (nSPS) is 16.2. The molecule has 1 aliphatic rings. The summed E-state index contributed by atoms with van der Waals surface area (Å²) in [6, 6.07) is 5.25. The molecule has 24 heavy (non-hydrogen) atoms. The molecule has 1 aliphatic heterocycles. The Hall–Kier alpha value is -2.48. The van der Waals surface area contributed by atoms with E-state index in [0.29, 0.717) is 18.0 Å². The van der Waals surface area contributed by atoms with E-state index in [1.54, 1.807) is 22.9 Å². The van der Waals surface area contributed by atoms with Crippen LogP contribution >= 0.6 is 12.2 Å². The SMILES string of the molecule is C=CCn1c(C)nn(CN2c3ccc([N+](=O)[O-])cc3C[C@H]2C)c1=S. The molecule has 0 aliphatic carbocycles. The summed E-state index contributed by atoms with van der Waals surface area (Å²) in [7, 11) is 0. The Balaban J connectivity index is 1.93. The van der Waals surface area contributed by atoms with Crippen LogP contribution in [0.3, 0.4) is 0 Å². The minimum atomic E-state index is -0.357. The fraction of sp³-hybridized carbons (Fsp3) is 0.375. The number of nitrogens with zero attached hydrogens (tertiary/aromatic N) is 5. The number of anilines is 1. The maximum absolute atomic E-state index is 11.0. The van der Waals surface area contributed by atoms with Crippen molar-refractivity contribution < 1.29 is 4.92 Å². The predicted molar refractivity (Wildman–Crippen MR) is 94.7 cm³/mol. The van der Waals surface area contributed by atoms with E-state index in [9.17, 15) is 10.1 Å². The van der Waals surface area contributed by atoms with Gasteiger partial charge in [0.05, 0.1) is 4.92 Å². The molecule has 0 saturated carbocycles. The predicted octanol–water partition coefficient (Wildman–Crippen LogP) is 3.23. The lowest BCUT2D eigenvalue weighted by Crippen LogP contribution is -2.32. The first kappa shape index (κ1) is 16.4. The van der Waals surface area contributed by atoms with Crippen LogP contribution < -0.4 is 4.90 Å². The van der Waals surface area contributed by atoms with Gasteiger partial charge in [-0.2, -0.15) is 5.10 Å². The minimum absolute atomic E-state index is 0.130. The highest BCUT2D eigenvalue weighted by atomic mass is 32.1. The van der Waals surface area contributed by atoms with Gasteiger partial charge in [-0.1, -0.05) is 6.08 Å². The summed E-state index contributed by atoms with van der Waals surface area (Å²) in [5.74, 6) is 0.843. The van der Waals surface area contributed by atoms with Crippen molar-refractivity contribution in [2.24, 2.45) is 0 Å². The van der Waals surface area contributed by atoms with E-state index in [-0.39, 0.29) is 16.7 Å². The monoisotopic (exact) mass is 345 g/mol. The number of hydrogen-bond acceptors (Lipinski definition) is 5. The molecule has 0 amide bonds. The molecule has 0 radical (unpaired) electrons. The van der Waals surface area contributed by atoms with Gasteiger partial charge < -0.3 is 9.47 Å². The zero-order chi connectivity index (χ0) is 17.4. The fourth-order valence-corrected chi connectivity index (χ4v) is 3.44. The molecule has 0 bridgehead atoms. The molecule has 2 aromatic rings. The van der Waals surface area contributed by atoms with Gasteiger partial charge in [-0.3, -0.25) is 10.1 Å². The van der Waals surface area contributed by atoms with Crippen molar-refractivity contribution in [3.8, 4) is 0 Å². The molecule has 126 valence electrons. The summed E-state index contributed by atoms with van der Waals surface area (Å²) in [6.07, 6.45) is 2.57. The van der Waals surface area contributed by atoms with Crippen LogP contribution in [0.1, 0.15) is 18.3 Å². The van der Waals surface area contributed by atoms with Crippen LogP contribution in [0.5, 0.6) is 0 Å². The highest BCUT2D eigenvalue weighted by molar-refractivity contribution is 7.71. The number of benzene rings is 1. The number of allylic oxidation sites excluding steroid dienone is 1. The van der Waals surface area contributed by atoms with Crippen LogP contribution in [0.25, 0.3) is 0 Å². The Bertz CT molecular complexity index is 870. The lowest BCUT2D eigenvalue weighted by atomic mass is 10.1. The van der Waals surface area contributed by atoms with E-state index >= 15 is 0 Å². The number of aromatic nitrogens is 3. The zero-order valence-corrected chi connectivity index (χ0v) is 14.5. The third-order valence-corrected chi connectivity index (χ3v) is 4.77. The molecule has 1 aromatic heterocycles. The second-order valence-electron chi connectivity index (χ2n) is 5.96. The number of hydrogen-bond donors (Lipinski definition) is 0. The van der Waals surface area contributed by atoms with Gasteiger partial charge in [-0.05, 0) is 44.1 Å². The molecule has 0 fully saturated rings. The molecular weight excluding hydrogens is 326 g/mol. The van der Waals surface area contributed by atoms with Crippen molar-refractivity contribution in [3.05, 3.63) is 57.1 Å². The van der Waals surface area contributed by atoms with Gasteiger partial charge in [0.2, 0.25) is 0 Å². The second kappa shape index (κ2) is 6.20. The van der Waals surface area contributed by atoms with Gasteiger partial charge in [0, 0.05) is 30.4 Å². The molecule has 1 atom stereocenters. The first-order valence-corrected chi connectivity index (χ1v) is 8.12. The van der Waals surface area contributed by atoms with Crippen LogP contribution in [0, 0.1) is 21.8 Å². The van der Waals surface area contributed by atoms with E-state index in [1.807, 2.05) is 17.6 Å². The maximum atomic E-state index is 11.0. The largest absolute Gasteiger partial charge is 0.349 e.